The van der Waals surface area contributed by atoms with Crippen LogP contribution in [0.25, 0.3) is 0 Å². The molecule has 1 amide bonds. The fourth-order valence-electron chi connectivity index (χ4n) is 1.67. The van der Waals surface area contributed by atoms with Crippen LogP contribution in [0.5, 0.6) is 0 Å². The second-order valence-corrected chi connectivity index (χ2v) is 6.08. The third-order valence-corrected chi connectivity index (χ3v) is 3.42. The highest BCUT2D eigenvalue weighted by Gasteiger charge is 2.19. The first-order valence-electron chi connectivity index (χ1n) is 6.26. The van der Waals surface area contributed by atoms with Gasteiger partial charge in [-0.25, -0.2) is 0 Å². The van der Waals surface area contributed by atoms with Crippen molar-refractivity contribution in [2.75, 3.05) is 11.9 Å². The molecule has 1 N–H and O–H groups in total. The van der Waals surface area contributed by atoms with Gasteiger partial charge in [0.25, 0.3) is 5.91 Å². The molecule has 102 valence electrons. The zero-order valence-corrected chi connectivity index (χ0v) is 13.2. The molecule has 1 heterocycles. The van der Waals surface area contributed by atoms with Crippen molar-refractivity contribution in [1.29, 1.82) is 0 Å². The Balaban J connectivity index is 2.62. The van der Waals surface area contributed by atoms with Gasteiger partial charge in [0.1, 0.15) is 5.69 Å². The Hall–Kier alpha value is -0.840. The second kappa shape index (κ2) is 6.36. The van der Waals surface area contributed by atoms with E-state index in [1.54, 1.807) is 11.7 Å². The van der Waals surface area contributed by atoms with Crippen molar-refractivity contribution >= 4 is 21.8 Å². The van der Waals surface area contributed by atoms with Gasteiger partial charge in [-0.05, 0) is 24.3 Å². The van der Waals surface area contributed by atoms with Gasteiger partial charge in [-0.15, -0.1) is 0 Å². The van der Waals surface area contributed by atoms with Gasteiger partial charge in [0, 0.05) is 18.9 Å². The quantitative estimate of drug-likeness (QED) is 0.820. The number of aromatic nitrogens is 2. The third kappa shape index (κ3) is 4.12. The molecule has 0 aliphatic heterocycles. The van der Waals surface area contributed by atoms with Crippen molar-refractivity contribution in [2.24, 2.45) is 12.5 Å². The maximum atomic E-state index is 12.1. The largest absolute Gasteiger partial charge is 0.350 e. The van der Waals surface area contributed by atoms with Crippen LogP contribution in [0.2, 0.25) is 0 Å². The van der Waals surface area contributed by atoms with Crippen molar-refractivity contribution in [3.05, 3.63) is 17.5 Å². The Bertz CT molecular complexity index is 412. The van der Waals surface area contributed by atoms with Crippen molar-refractivity contribution in [1.82, 2.24) is 15.1 Å². The van der Waals surface area contributed by atoms with Crippen LogP contribution in [0, 0.1) is 5.41 Å². The molecule has 0 bridgehead atoms. The Morgan fingerprint density at radius 3 is 2.72 bits per heavy atom. The molecule has 0 spiro atoms. The van der Waals surface area contributed by atoms with Crippen molar-refractivity contribution in [2.45, 2.75) is 33.6 Å². The van der Waals surface area contributed by atoms with Crippen molar-refractivity contribution in [3.63, 3.8) is 0 Å². The van der Waals surface area contributed by atoms with E-state index in [-0.39, 0.29) is 11.3 Å². The summed E-state index contributed by atoms with van der Waals surface area (Å²) in [5.41, 5.74) is 1.68. The summed E-state index contributed by atoms with van der Waals surface area (Å²) < 4.78 is 1.64. The molecule has 1 aromatic heterocycles. The second-order valence-electron chi connectivity index (χ2n) is 5.28. The molecule has 0 unspecified atom stereocenters. The molecule has 0 saturated heterocycles. The van der Waals surface area contributed by atoms with Crippen LogP contribution in [0.15, 0.2) is 6.07 Å². The summed E-state index contributed by atoms with van der Waals surface area (Å²) in [6, 6.07) is 1.85. The highest BCUT2D eigenvalue weighted by molar-refractivity contribution is 9.09. The Kier molecular flexibility index (Phi) is 5.38. The van der Waals surface area contributed by atoms with E-state index < -0.39 is 0 Å². The summed E-state index contributed by atoms with van der Waals surface area (Å²) in [5.74, 6) is -0.0488. The number of amides is 1. The van der Waals surface area contributed by atoms with Crippen molar-refractivity contribution in [3.8, 4) is 0 Å². The van der Waals surface area contributed by atoms with E-state index in [4.69, 9.17) is 0 Å². The van der Waals surface area contributed by atoms with Gasteiger partial charge in [-0.2, -0.15) is 5.10 Å². The minimum absolute atomic E-state index is 0.0488. The molecule has 5 heteroatoms. The molecule has 4 nitrogen and oxygen atoms in total. The third-order valence-electron chi connectivity index (χ3n) is 3.02. The lowest BCUT2D eigenvalue weighted by atomic mass is 9.90. The van der Waals surface area contributed by atoms with Gasteiger partial charge in [-0.1, -0.05) is 36.7 Å². The van der Waals surface area contributed by atoms with E-state index in [2.05, 4.69) is 40.2 Å². The van der Waals surface area contributed by atoms with Crippen LogP contribution in [0.3, 0.4) is 0 Å². The summed E-state index contributed by atoms with van der Waals surface area (Å²) >= 11 is 3.43. The lowest BCUT2D eigenvalue weighted by Gasteiger charge is -2.23. The molecular formula is C13H22BrN3O. The summed E-state index contributed by atoms with van der Waals surface area (Å²) in [5, 5.41) is 8.21. The molecule has 0 aliphatic carbocycles. The minimum atomic E-state index is -0.0488. The van der Waals surface area contributed by atoms with Crippen LogP contribution in [-0.2, 0) is 13.5 Å². The van der Waals surface area contributed by atoms with Gasteiger partial charge in [0.15, 0.2) is 0 Å². The maximum absolute atomic E-state index is 12.1. The van der Waals surface area contributed by atoms with Crippen LogP contribution >= 0.6 is 15.9 Å². The summed E-state index contributed by atoms with van der Waals surface area (Å²) in [7, 11) is 1.80. The monoisotopic (exact) mass is 315 g/mol. The fraction of sp³-hybridized carbons (Fsp3) is 0.692. The Labute approximate surface area is 117 Å². The number of halogens is 1. The molecular weight excluding hydrogens is 294 g/mol. The molecule has 1 aromatic rings. The Morgan fingerprint density at radius 1 is 1.56 bits per heavy atom. The van der Waals surface area contributed by atoms with Crippen LogP contribution < -0.4 is 5.32 Å². The maximum Gasteiger partial charge on any atom is 0.269 e. The number of aryl methyl sites for hydroxylation is 2. The van der Waals surface area contributed by atoms with E-state index in [1.165, 1.54) is 0 Å². The molecule has 18 heavy (non-hydrogen) atoms. The number of hydrogen-bond donors (Lipinski definition) is 1. The number of nitrogens with one attached hydrogen (secondary N) is 1. The topological polar surface area (TPSA) is 46.9 Å². The minimum Gasteiger partial charge on any atom is -0.350 e. The number of carbonyl (C=O) groups excluding carboxylic acids is 1. The number of alkyl halides is 1. The van der Waals surface area contributed by atoms with Gasteiger partial charge < -0.3 is 5.32 Å². The number of hydrogen-bond acceptors (Lipinski definition) is 2. The Morgan fingerprint density at radius 2 is 2.22 bits per heavy atom. The fourth-order valence-corrected chi connectivity index (χ4v) is 2.74. The zero-order chi connectivity index (χ0) is 13.8. The highest BCUT2D eigenvalue weighted by Crippen LogP contribution is 2.20. The number of nitrogens with zero attached hydrogens (tertiary/aromatic N) is 2. The molecule has 0 aromatic carbocycles. The van der Waals surface area contributed by atoms with Gasteiger partial charge in [-0.3, -0.25) is 9.48 Å². The zero-order valence-electron chi connectivity index (χ0n) is 11.6. The number of carbonyl (C=O) groups is 1. The first-order chi connectivity index (χ1) is 8.39. The first kappa shape index (κ1) is 15.2. The van der Waals surface area contributed by atoms with E-state index in [9.17, 15) is 4.79 Å². The lowest BCUT2D eigenvalue weighted by molar-refractivity contribution is 0.0926. The summed E-state index contributed by atoms with van der Waals surface area (Å²) in [6.45, 7) is 7.00. The lowest BCUT2D eigenvalue weighted by Crippen LogP contribution is -2.35. The number of rotatable bonds is 6. The molecule has 1 rings (SSSR count). The van der Waals surface area contributed by atoms with Crippen LogP contribution in [0.1, 0.15) is 43.4 Å². The average molecular weight is 316 g/mol. The van der Waals surface area contributed by atoms with Crippen LogP contribution in [0.4, 0.5) is 0 Å². The van der Waals surface area contributed by atoms with Crippen LogP contribution in [-0.4, -0.2) is 27.6 Å². The molecule has 0 atom stereocenters. The first-order valence-corrected chi connectivity index (χ1v) is 7.39. The molecule has 0 saturated carbocycles. The smallest absolute Gasteiger partial charge is 0.269 e. The average Bonchev–Trinajstić information content (AvgIpc) is 2.68. The SMILES string of the molecule is CCc1cc(C(=O)NCC(C)(C)CCBr)n(C)n1. The molecule has 0 fully saturated rings. The van der Waals surface area contributed by atoms with E-state index >= 15 is 0 Å². The predicted octanol–water partition coefficient (Wildman–Crippen LogP) is 2.52. The van der Waals surface area contributed by atoms with E-state index in [0.29, 0.717) is 12.2 Å². The van der Waals surface area contributed by atoms with Gasteiger partial charge >= 0.3 is 0 Å². The van der Waals surface area contributed by atoms with Crippen molar-refractivity contribution < 1.29 is 4.79 Å². The summed E-state index contributed by atoms with van der Waals surface area (Å²) in [4.78, 5) is 12.1. The van der Waals surface area contributed by atoms with E-state index in [1.807, 2.05) is 13.0 Å². The van der Waals surface area contributed by atoms with E-state index in [0.717, 1.165) is 23.9 Å². The van der Waals surface area contributed by atoms with Gasteiger partial charge in [0.05, 0.1) is 5.69 Å². The molecule has 0 aliphatic rings. The molecule has 0 radical (unpaired) electrons. The normalized spacial score (nSPS) is 11.6. The summed E-state index contributed by atoms with van der Waals surface area (Å²) in [6.07, 6.45) is 1.87. The predicted molar refractivity (Wildman–Crippen MR) is 77.1 cm³/mol. The standard InChI is InChI=1S/C13H22BrN3O/c1-5-10-8-11(17(4)16-10)12(18)15-9-13(2,3)6-7-14/h8H,5-7,9H2,1-4H3,(H,15,18). The van der Waals surface area contributed by atoms with Gasteiger partial charge in [0.2, 0.25) is 0 Å². The highest BCUT2D eigenvalue weighted by atomic mass is 79.9.